The molecule has 7 aromatic carbocycles. The molecule has 1 aliphatic carbocycles. The predicted molar refractivity (Wildman–Crippen MR) is 201 cm³/mol. The molecule has 0 atom stereocenters. The number of rotatable bonds is 5. The lowest BCUT2D eigenvalue weighted by Crippen LogP contribution is -2.28. The van der Waals surface area contributed by atoms with Gasteiger partial charge in [0.25, 0.3) is 0 Å². The standard InChI is InChI=1S/C46H29N3O/c1-4-15-30(16-5-1)43-47-44(49-45(48-43)37-23-14-26-41-42(37)36-22-11-13-25-40(36)50-41)31-27-28-35-34-21-10-12-24-38(34)46(39(35)29-31,32-17-6-2-7-18-32)33-19-8-3-9-20-33/h1-29H. The van der Waals surface area contributed by atoms with Crippen LogP contribution >= 0.6 is 0 Å². The van der Waals surface area contributed by atoms with Crippen molar-refractivity contribution < 1.29 is 4.42 Å². The van der Waals surface area contributed by atoms with E-state index in [-0.39, 0.29) is 0 Å². The van der Waals surface area contributed by atoms with Gasteiger partial charge in [-0.3, -0.25) is 0 Å². The normalized spacial score (nSPS) is 13.0. The molecule has 0 fully saturated rings. The highest BCUT2D eigenvalue weighted by molar-refractivity contribution is 6.11. The Labute approximate surface area is 289 Å². The molecule has 10 rings (SSSR count). The zero-order valence-corrected chi connectivity index (χ0v) is 27.0. The average Bonchev–Trinajstić information content (AvgIpc) is 3.72. The van der Waals surface area contributed by atoms with Gasteiger partial charge in [-0.25, -0.2) is 15.0 Å². The predicted octanol–water partition coefficient (Wildman–Crippen LogP) is 11.1. The number of aromatic nitrogens is 3. The highest BCUT2D eigenvalue weighted by Gasteiger charge is 2.46. The lowest BCUT2D eigenvalue weighted by Gasteiger charge is -2.34. The van der Waals surface area contributed by atoms with Crippen LogP contribution in [0, 0.1) is 0 Å². The van der Waals surface area contributed by atoms with E-state index in [1.54, 1.807) is 0 Å². The van der Waals surface area contributed by atoms with Crippen LogP contribution in [0.4, 0.5) is 0 Å². The summed E-state index contributed by atoms with van der Waals surface area (Å²) in [6.45, 7) is 0. The molecule has 1 aliphatic rings. The zero-order chi connectivity index (χ0) is 33.1. The summed E-state index contributed by atoms with van der Waals surface area (Å²) in [4.78, 5) is 15.5. The van der Waals surface area contributed by atoms with Crippen LogP contribution in [0.2, 0.25) is 0 Å². The zero-order valence-electron chi connectivity index (χ0n) is 27.0. The summed E-state index contributed by atoms with van der Waals surface area (Å²) in [6.07, 6.45) is 0. The van der Waals surface area contributed by atoms with Gasteiger partial charge in [0.2, 0.25) is 0 Å². The quantitative estimate of drug-likeness (QED) is 0.188. The van der Waals surface area contributed by atoms with Crippen molar-refractivity contribution in [3.8, 4) is 45.3 Å². The molecule has 0 spiro atoms. The highest BCUT2D eigenvalue weighted by Crippen LogP contribution is 2.56. The Morgan fingerprint density at radius 1 is 0.380 bits per heavy atom. The molecule has 0 unspecified atom stereocenters. The molecule has 0 amide bonds. The van der Waals surface area contributed by atoms with E-state index in [1.165, 1.54) is 33.4 Å². The van der Waals surface area contributed by atoms with E-state index < -0.39 is 5.41 Å². The molecular weight excluding hydrogens is 611 g/mol. The Morgan fingerprint density at radius 2 is 0.940 bits per heavy atom. The van der Waals surface area contributed by atoms with E-state index in [2.05, 4.69) is 115 Å². The third kappa shape index (κ3) is 4.22. The van der Waals surface area contributed by atoms with E-state index in [0.717, 1.165) is 38.6 Å². The molecule has 234 valence electrons. The SMILES string of the molecule is c1ccc(-c2nc(-c3ccc4c(c3)C(c3ccccc3)(c3ccccc3)c3ccccc3-4)nc(-c3cccc4oc5ccccc5c34)n2)cc1. The molecule has 0 radical (unpaired) electrons. The molecule has 0 bridgehead atoms. The van der Waals surface area contributed by atoms with Gasteiger partial charge < -0.3 is 4.42 Å². The second kappa shape index (κ2) is 11.2. The maximum atomic E-state index is 6.26. The molecule has 0 saturated heterocycles. The first kappa shape index (κ1) is 28.4. The minimum atomic E-state index is -0.524. The van der Waals surface area contributed by atoms with Gasteiger partial charge in [0.1, 0.15) is 11.2 Å². The number of hydrogen-bond acceptors (Lipinski definition) is 4. The fourth-order valence-corrected chi connectivity index (χ4v) is 7.89. The van der Waals surface area contributed by atoms with Gasteiger partial charge in [-0.1, -0.05) is 158 Å². The second-order valence-electron chi connectivity index (χ2n) is 12.7. The first-order chi connectivity index (χ1) is 24.8. The maximum Gasteiger partial charge on any atom is 0.164 e. The van der Waals surface area contributed by atoms with E-state index in [0.29, 0.717) is 17.5 Å². The average molecular weight is 640 g/mol. The molecular formula is C46H29N3O. The second-order valence-corrected chi connectivity index (χ2v) is 12.7. The van der Waals surface area contributed by atoms with E-state index in [1.807, 2.05) is 60.7 Å². The summed E-state index contributed by atoms with van der Waals surface area (Å²) >= 11 is 0. The van der Waals surface area contributed by atoms with Crippen molar-refractivity contribution in [2.24, 2.45) is 0 Å². The number of para-hydroxylation sites is 1. The van der Waals surface area contributed by atoms with Crippen LogP contribution in [0.3, 0.4) is 0 Å². The van der Waals surface area contributed by atoms with Crippen molar-refractivity contribution in [2.75, 3.05) is 0 Å². The lowest BCUT2D eigenvalue weighted by atomic mass is 9.67. The molecule has 4 nitrogen and oxygen atoms in total. The highest BCUT2D eigenvalue weighted by atomic mass is 16.3. The Morgan fingerprint density at radius 3 is 1.70 bits per heavy atom. The summed E-state index contributed by atoms with van der Waals surface area (Å²) in [5, 5.41) is 2.03. The lowest BCUT2D eigenvalue weighted by molar-refractivity contribution is 0.669. The van der Waals surface area contributed by atoms with Crippen LogP contribution in [0.25, 0.3) is 67.2 Å². The smallest absolute Gasteiger partial charge is 0.164 e. The minimum Gasteiger partial charge on any atom is -0.456 e. The van der Waals surface area contributed by atoms with Gasteiger partial charge in [0.05, 0.1) is 5.41 Å². The summed E-state index contributed by atoms with van der Waals surface area (Å²) in [5.41, 5.74) is 11.2. The van der Waals surface area contributed by atoms with Crippen molar-refractivity contribution >= 4 is 21.9 Å². The van der Waals surface area contributed by atoms with Crippen molar-refractivity contribution in [3.63, 3.8) is 0 Å². The third-order valence-corrected chi connectivity index (χ3v) is 10.0. The van der Waals surface area contributed by atoms with Crippen LogP contribution in [0.1, 0.15) is 22.3 Å². The van der Waals surface area contributed by atoms with Gasteiger partial charge in [-0.2, -0.15) is 0 Å². The molecule has 50 heavy (non-hydrogen) atoms. The Bertz CT molecular complexity index is 2660. The van der Waals surface area contributed by atoms with Gasteiger partial charge in [0, 0.05) is 27.5 Å². The van der Waals surface area contributed by atoms with Crippen molar-refractivity contribution in [1.29, 1.82) is 0 Å². The molecule has 4 heteroatoms. The van der Waals surface area contributed by atoms with Crippen LogP contribution in [-0.4, -0.2) is 15.0 Å². The number of nitrogens with zero attached hydrogens (tertiary/aromatic N) is 3. The van der Waals surface area contributed by atoms with Gasteiger partial charge in [0.15, 0.2) is 17.5 Å². The topological polar surface area (TPSA) is 51.8 Å². The van der Waals surface area contributed by atoms with Crippen LogP contribution in [0.5, 0.6) is 0 Å². The minimum absolute atomic E-state index is 0.524. The fraction of sp³-hybridized carbons (Fsp3) is 0.0217. The van der Waals surface area contributed by atoms with E-state index in [4.69, 9.17) is 19.4 Å². The Hall–Kier alpha value is -6.65. The maximum absolute atomic E-state index is 6.26. The van der Waals surface area contributed by atoms with Crippen molar-refractivity contribution in [2.45, 2.75) is 5.41 Å². The van der Waals surface area contributed by atoms with E-state index in [9.17, 15) is 0 Å². The van der Waals surface area contributed by atoms with Gasteiger partial charge >= 0.3 is 0 Å². The molecule has 2 aromatic heterocycles. The first-order valence-electron chi connectivity index (χ1n) is 16.9. The van der Waals surface area contributed by atoms with Gasteiger partial charge in [-0.15, -0.1) is 0 Å². The Balaban J connectivity index is 1.25. The summed E-state index contributed by atoms with van der Waals surface area (Å²) in [5.74, 6) is 1.84. The van der Waals surface area contributed by atoms with Crippen LogP contribution in [0.15, 0.2) is 180 Å². The van der Waals surface area contributed by atoms with Crippen molar-refractivity contribution in [3.05, 3.63) is 198 Å². The molecule has 0 N–H and O–H groups in total. The number of hydrogen-bond donors (Lipinski definition) is 0. The number of benzene rings is 7. The molecule has 0 aliphatic heterocycles. The molecule has 0 saturated carbocycles. The van der Waals surface area contributed by atoms with E-state index >= 15 is 0 Å². The third-order valence-electron chi connectivity index (χ3n) is 10.0. The van der Waals surface area contributed by atoms with Crippen molar-refractivity contribution in [1.82, 2.24) is 15.0 Å². The number of furan rings is 1. The number of fused-ring (bicyclic) bond motifs is 6. The summed E-state index contributed by atoms with van der Waals surface area (Å²) in [7, 11) is 0. The fourth-order valence-electron chi connectivity index (χ4n) is 7.89. The van der Waals surface area contributed by atoms with Crippen LogP contribution < -0.4 is 0 Å². The monoisotopic (exact) mass is 639 g/mol. The largest absolute Gasteiger partial charge is 0.456 e. The Kier molecular flexibility index (Phi) is 6.36. The molecule has 2 heterocycles. The molecule has 9 aromatic rings. The van der Waals surface area contributed by atoms with Gasteiger partial charge in [-0.05, 0) is 51.6 Å². The summed E-state index contributed by atoms with van der Waals surface area (Å²) in [6, 6.07) is 61.5. The first-order valence-corrected chi connectivity index (χ1v) is 16.9. The van der Waals surface area contributed by atoms with Crippen LogP contribution in [-0.2, 0) is 5.41 Å². The summed E-state index contributed by atoms with van der Waals surface area (Å²) < 4.78 is 6.26.